The van der Waals surface area contributed by atoms with Crippen molar-refractivity contribution in [2.45, 2.75) is 32.8 Å². The second-order valence-corrected chi connectivity index (χ2v) is 6.46. The Morgan fingerprint density at radius 3 is 2.75 bits per heavy atom. The molecule has 128 valence electrons. The van der Waals surface area contributed by atoms with E-state index in [0.717, 1.165) is 24.2 Å². The van der Waals surface area contributed by atoms with E-state index in [0.29, 0.717) is 24.0 Å². The maximum atomic E-state index is 12.2. The van der Waals surface area contributed by atoms with E-state index in [1.54, 1.807) is 24.0 Å². The van der Waals surface area contributed by atoms with Crippen LogP contribution in [-0.2, 0) is 0 Å². The molecule has 7 nitrogen and oxygen atoms in total. The average Bonchev–Trinajstić information content (AvgIpc) is 3.33. The van der Waals surface area contributed by atoms with Gasteiger partial charge in [0, 0.05) is 19.3 Å². The molecule has 1 atom stereocenters. The fourth-order valence-corrected chi connectivity index (χ4v) is 2.66. The van der Waals surface area contributed by atoms with Crippen LogP contribution in [0.3, 0.4) is 0 Å². The summed E-state index contributed by atoms with van der Waals surface area (Å²) in [4.78, 5) is 18.0. The van der Waals surface area contributed by atoms with E-state index >= 15 is 0 Å². The second kappa shape index (κ2) is 6.60. The minimum atomic E-state index is -0.438. The predicted octanol–water partition coefficient (Wildman–Crippen LogP) is 2.12. The molecule has 0 saturated heterocycles. The first-order valence-electron chi connectivity index (χ1n) is 8.14. The van der Waals surface area contributed by atoms with Crippen LogP contribution >= 0.6 is 0 Å². The summed E-state index contributed by atoms with van der Waals surface area (Å²) < 4.78 is 1.76. The molecular formula is C17H23N5O2. The van der Waals surface area contributed by atoms with E-state index in [-0.39, 0.29) is 6.03 Å². The van der Waals surface area contributed by atoms with Gasteiger partial charge in [-0.2, -0.15) is 5.10 Å². The van der Waals surface area contributed by atoms with Crippen molar-refractivity contribution in [3.05, 3.63) is 35.8 Å². The molecule has 0 bridgehead atoms. The van der Waals surface area contributed by atoms with Crippen molar-refractivity contribution in [2.75, 3.05) is 18.9 Å². The number of pyridine rings is 1. The third kappa shape index (κ3) is 3.73. The molecule has 2 aromatic rings. The van der Waals surface area contributed by atoms with Gasteiger partial charge in [0.2, 0.25) is 0 Å². The maximum Gasteiger partial charge on any atom is 0.321 e. The van der Waals surface area contributed by atoms with Crippen LogP contribution in [0.4, 0.5) is 10.5 Å². The SMILES string of the molecule is Cc1cc(C)n(-c2ccc(NC(=O)N(C)CC(O)C3CC3)cn2)n1. The summed E-state index contributed by atoms with van der Waals surface area (Å²) in [7, 11) is 1.68. The number of nitrogens with one attached hydrogen (secondary N) is 1. The summed E-state index contributed by atoms with van der Waals surface area (Å²) in [5, 5.41) is 17.1. The molecule has 2 heterocycles. The van der Waals surface area contributed by atoms with E-state index in [1.807, 2.05) is 26.0 Å². The predicted molar refractivity (Wildman–Crippen MR) is 91.2 cm³/mol. The van der Waals surface area contributed by atoms with Gasteiger partial charge in [0.05, 0.1) is 23.7 Å². The minimum absolute atomic E-state index is 0.254. The molecular weight excluding hydrogens is 306 g/mol. The molecule has 1 unspecified atom stereocenters. The van der Waals surface area contributed by atoms with Crippen molar-refractivity contribution in [1.29, 1.82) is 0 Å². The Balaban J connectivity index is 1.61. The molecule has 0 aromatic carbocycles. The number of amides is 2. The van der Waals surface area contributed by atoms with Gasteiger partial charge in [-0.05, 0) is 50.8 Å². The van der Waals surface area contributed by atoms with Gasteiger partial charge in [-0.3, -0.25) is 0 Å². The van der Waals surface area contributed by atoms with Crippen LogP contribution in [0.5, 0.6) is 0 Å². The van der Waals surface area contributed by atoms with Crippen LogP contribution in [0, 0.1) is 19.8 Å². The molecule has 0 aliphatic heterocycles. The lowest BCUT2D eigenvalue weighted by Gasteiger charge is -2.21. The molecule has 1 saturated carbocycles. The topological polar surface area (TPSA) is 83.3 Å². The van der Waals surface area contributed by atoms with Crippen LogP contribution in [0.15, 0.2) is 24.4 Å². The van der Waals surface area contributed by atoms with Gasteiger partial charge in [-0.25, -0.2) is 14.5 Å². The number of hydrogen-bond acceptors (Lipinski definition) is 4. The highest BCUT2D eigenvalue weighted by Gasteiger charge is 2.31. The maximum absolute atomic E-state index is 12.2. The Hall–Kier alpha value is -2.41. The van der Waals surface area contributed by atoms with Crippen LogP contribution in [-0.4, -0.2) is 50.5 Å². The molecule has 2 N–H and O–H groups in total. The number of rotatable bonds is 5. The van der Waals surface area contributed by atoms with Gasteiger partial charge in [-0.15, -0.1) is 0 Å². The number of carbonyl (C=O) groups is 1. The Kier molecular flexibility index (Phi) is 4.53. The van der Waals surface area contributed by atoms with Crippen LogP contribution in [0.25, 0.3) is 5.82 Å². The van der Waals surface area contributed by atoms with E-state index < -0.39 is 6.10 Å². The van der Waals surface area contributed by atoms with Gasteiger partial charge >= 0.3 is 6.03 Å². The van der Waals surface area contributed by atoms with Gasteiger partial charge in [0.25, 0.3) is 0 Å². The number of aromatic nitrogens is 3. The number of carbonyl (C=O) groups excluding carboxylic acids is 1. The quantitative estimate of drug-likeness (QED) is 0.880. The Bertz CT molecular complexity index is 721. The van der Waals surface area contributed by atoms with Crippen LogP contribution in [0.2, 0.25) is 0 Å². The number of aryl methyl sites for hydroxylation is 2. The lowest BCUT2D eigenvalue weighted by atomic mass is 10.2. The highest BCUT2D eigenvalue weighted by atomic mass is 16.3. The smallest absolute Gasteiger partial charge is 0.321 e. The first kappa shape index (κ1) is 16.4. The van der Waals surface area contributed by atoms with Crippen molar-refractivity contribution >= 4 is 11.7 Å². The Labute approximate surface area is 141 Å². The highest BCUT2D eigenvalue weighted by molar-refractivity contribution is 5.89. The Morgan fingerprint density at radius 1 is 1.46 bits per heavy atom. The van der Waals surface area contributed by atoms with Gasteiger partial charge in [0.15, 0.2) is 5.82 Å². The molecule has 1 fully saturated rings. The standard InChI is InChI=1S/C17H23N5O2/c1-11-8-12(2)22(20-11)16-7-6-14(9-18-16)19-17(24)21(3)10-15(23)13-4-5-13/h6-9,13,15,23H,4-5,10H2,1-3H3,(H,19,24). The number of aliphatic hydroxyl groups excluding tert-OH is 1. The monoisotopic (exact) mass is 329 g/mol. The molecule has 1 aliphatic rings. The number of nitrogens with zero attached hydrogens (tertiary/aromatic N) is 4. The Morgan fingerprint density at radius 2 is 2.21 bits per heavy atom. The fraction of sp³-hybridized carbons (Fsp3) is 0.471. The minimum Gasteiger partial charge on any atom is -0.391 e. The van der Waals surface area contributed by atoms with E-state index in [9.17, 15) is 9.90 Å². The zero-order valence-electron chi connectivity index (χ0n) is 14.2. The van der Waals surface area contributed by atoms with Crippen molar-refractivity contribution < 1.29 is 9.90 Å². The lowest BCUT2D eigenvalue weighted by Crippen LogP contribution is -2.38. The third-order valence-corrected chi connectivity index (χ3v) is 4.20. The molecule has 24 heavy (non-hydrogen) atoms. The van der Waals surface area contributed by atoms with E-state index in [1.165, 1.54) is 4.90 Å². The first-order chi connectivity index (χ1) is 11.4. The molecule has 0 spiro atoms. The molecule has 2 amide bonds. The summed E-state index contributed by atoms with van der Waals surface area (Å²) in [6.07, 6.45) is 3.27. The molecule has 1 aliphatic carbocycles. The van der Waals surface area contributed by atoms with E-state index in [4.69, 9.17) is 0 Å². The number of hydrogen-bond donors (Lipinski definition) is 2. The van der Waals surface area contributed by atoms with Gasteiger partial charge in [0.1, 0.15) is 0 Å². The fourth-order valence-electron chi connectivity index (χ4n) is 2.66. The van der Waals surface area contributed by atoms with Crippen LogP contribution < -0.4 is 5.32 Å². The zero-order chi connectivity index (χ0) is 17.3. The summed E-state index contributed by atoms with van der Waals surface area (Å²) in [6, 6.07) is 5.34. The summed E-state index contributed by atoms with van der Waals surface area (Å²) in [6.45, 7) is 4.25. The van der Waals surface area contributed by atoms with Crippen molar-refractivity contribution in [3.63, 3.8) is 0 Å². The number of aliphatic hydroxyl groups is 1. The van der Waals surface area contributed by atoms with Gasteiger partial charge < -0.3 is 15.3 Å². The molecule has 0 radical (unpaired) electrons. The van der Waals surface area contributed by atoms with Crippen molar-refractivity contribution in [3.8, 4) is 5.82 Å². The highest BCUT2D eigenvalue weighted by Crippen LogP contribution is 2.32. The van der Waals surface area contributed by atoms with Crippen LogP contribution in [0.1, 0.15) is 24.2 Å². The summed E-state index contributed by atoms with van der Waals surface area (Å²) in [5.74, 6) is 1.05. The summed E-state index contributed by atoms with van der Waals surface area (Å²) in [5.41, 5.74) is 2.55. The first-order valence-corrected chi connectivity index (χ1v) is 8.14. The third-order valence-electron chi connectivity index (χ3n) is 4.20. The normalized spacial score (nSPS) is 15.2. The second-order valence-electron chi connectivity index (χ2n) is 6.46. The molecule has 3 rings (SSSR count). The molecule has 2 aromatic heterocycles. The molecule has 7 heteroatoms. The van der Waals surface area contributed by atoms with Gasteiger partial charge in [-0.1, -0.05) is 0 Å². The number of anilines is 1. The number of urea groups is 1. The van der Waals surface area contributed by atoms with Crippen molar-refractivity contribution in [2.24, 2.45) is 5.92 Å². The lowest BCUT2D eigenvalue weighted by molar-refractivity contribution is 0.117. The largest absolute Gasteiger partial charge is 0.391 e. The van der Waals surface area contributed by atoms with E-state index in [2.05, 4.69) is 15.4 Å². The van der Waals surface area contributed by atoms with Crippen molar-refractivity contribution in [1.82, 2.24) is 19.7 Å². The summed E-state index contributed by atoms with van der Waals surface area (Å²) >= 11 is 0. The zero-order valence-corrected chi connectivity index (χ0v) is 14.2. The number of likely N-dealkylation sites (N-methyl/N-ethyl adjacent to an activating group) is 1. The average molecular weight is 329 g/mol.